The van der Waals surface area contributed by atoms with Gasteiger partial charge in [0.2, 0.25) is 0 Å². The summed E-state index contributed by atoms with van der Waals surface area (Å²) in [5.74, 6) is 1.88. The summed E-state index contributed by atoms with van der Waals surface area (Å²) in [6.45, 7) is 0. The number of rotatable bonds is 5. The SMILES string of the molecule is c1ccc(-c2nc(-c3ccc(-c4ccc5c(c4)C4(c6ccccc6-c6ccccc64)c4ccccc4-5)cc3)nc(-c3cccc(-c4ccc5oc6ccccc6c5c4)c3)n2)cc1. The molecule has 0 fully saturated rings. The average Bonchev–Trinajstić information content (AvgIpc) is 3.98. The van der Waals surface area contributed by atoms with E-state index in [0.717, 1.165) is 55.3 Å². The van der Waals surface area contributed by atoms with Crippen molar-refractivity contribution in [3.05, 3.63) is 235 Å². The molecule has 0 radical (unpaired) electrons. The van der Waals surface area contributed by atoms with Gasteiger partial charge in [0.25, 0.3) is 0 Å². The van der Waals surface area contributed by atoms with Gasteiger partial charge in [-0.15, -0.1) is 0 Å². The Labute approximate surface area is 358 Å². The molecular formula is C58H35N3O. The maximum atomic E-state index is 6.12. The summed E-state index contributed by atoms with van der Waals surface area (Å²) < 4.78 is 6.12. The second-order valence-electron chi connectivity index (χ2n) is 16.3. The largest absolute Gasteiger partial charge is 0.456 e. The molecule has 4 nitrogen and oxygen atoms in total. The highest BCUT2D eigenvalue weighted by molar-refractivity contribution is 6.06. The highest BCUT2D eigenvalue weighted by Crippen LogP contribution is 2.63. The van der Waals surface area contributed by atoms with Crippen molar-refractivity contribution in [1.82, 2.24) is 15.0 Å². The Morgan fingerprint density at radius 3 is 1.42 bits per heavy atom. The Morgan fingerprint density at radius 1 is 0.274 bits per heavy atom. The van der Waals surface area contributed by atoms with Gasteiger partial charge in [-0.05, 0) is 97.1 Å². The molecule has 2 aromatic heterocycles. The molecule has 288 valence electrons. The Kier molecular flexibility index (Phi) is 7.49. The molecule has 62 heavy (non-hydrogen) atoms. The molecule has 1 spiro atoms. The summed E-state index contributed by atoms with van der Waals surface area (Å²) in [5.41, 5.74) is 19.2. The molecule has 9 aromatic carbocycles. The molecule has 0 unspecified atom stereocenters. The van der Waals surface area contributed by atoms with Crippen LogP contribution in [0.3, 0.4) is 0 Å². The van der Waals surface area contributed by atoms with Gasteiger partial charge < -0.3 is 4.42 Å². The third kappa shape index (κ3) is 5.10. The third-order valence-corrected chi connectivity index (χ3v) is 13.0. The van der Waals surface area contributed by atoms with Gasteiger partial charge in [0.15, 0.2) is 17.5 Å². The maximum absolute atomic E-state index is 6.12. The Morgan fingerprint density at radius 2 is 0.726 bits per heavy atom. The zero-order valence-corrected chi connectivity index (χ0v) is 33.5. The van der Waals surface area contributed by atoms with Gasteiger partial charge in [-0.25, -0.2) is 15.0 Å². The highest BCUT2D eigenvalue weighted by Gasteiger charge is 2.51. The predicted octanol–water partition coefficient (Wildman–Crippen LogP) is 14.4. The van der Waals surface area contributed by atoms with Crippen molar-refractivity contribution in [3.8, 4) is 78.7 Å². The van der Waals surface area contributed by atoms with Crippen molar-refractivity contribution in [2.24, 2.45) is 0 Å². The fraction of sp³-hybridized carbons (Fsp3) is 0.0172. The van der Waals surface area contributed by atoms with E-state index in [0.29, 0.717) is 17.5 Å². The summed E-state index contributed by atoms with van der Waals surface area (Å²) in [5, 5.41) is 2.21. The average molecular weight is 790 g/mol. The van der Waals surface area contributed by atoms with E-state index in [-0.39, 0.29) is 5.41 Å². The normalized spacial score (nSPS) is 13.0. The molecule has 2 aliphatic rings. The number of hydrogen-bond acceptors (Lipinski definition) is 4. The topological polar surface area (TPSA) is 51.8 Å². The first-order valence-corrected chi connectivity index (χ1v) is 21.1. The zero-order valence-electron chi connectivity index (χ0n) is 33.5. The van der Waals surface area contributed by atoms with Crippen molar-refractivity contribution in [2.75, 3.05) is 0 Å². The van der Waals surface area contributed by atoms with Crippen LogP contribution in [0.4, 0.5) is 0 Å². The van der Waals surface area contributed by atoms with Crippen LogP contribution in [0.5, 0.6) is 0 Å². The second-order valence-corrected chi connectivity index (χ2v) is 16.3. The van der Waals surface area contributed by atoms with E-state index in [1.807, 2.05) is 42.5 Å². The molecule has 0 saturated carbocycles. The van der Waals surface area contributed by atoms with E-state index < -0.39 is 0 Å². The minimum absolute atomic E-state index is 0.387. The maximum Gasteiger partial charge on any atom is 0.164 e. The number of nitrogens with zero attached hydrogens (tertiary/aromatic N) is 3. The van der Waals surface area contributed by atoms with Crippen LogP contribution in [-0.2, 0) is 5.41 Å². The molecule has 11 aromatic rings. The summed E-state index contributed by atoms with van der Waals surface area (Å²) >= 11 is 0. The fourth-order valence-electron chi connectivity index (χ4n) is 10.2. The number of furan rings is 1. The van der Waals surface area contributed by atoms with Gasteiger partial charge in [-0.3, -0.25) is 0 Å². The number of aromatic nitrogens is 3. The lowest BCUT2D eigenvalue weighted by Crippen LogP contribution is -2.25. The second kappa shape index (κ2) is 13.4. The number of benzene rings is 9. The first kappa shape index (κ1) is 34.6. The van der Waals surface area contributed by atoms with Crippen molar-refractivity contribution in [1.29, 1.82) is 0 Å². The predicted molar refractivity (Wildman–Crippen MR) is 251 cm³/mol. The van der Waals surface area contributed by atoms with Crippen LogP contribution in [0, 0.1) is 0 Å². The quantitative estimate of drug-likeness (QED) is 0.174. The standard InChI is InChI=1S/C58H35N3O/c1-2-13-37(14-3-1)55-59-56(61-57(60-55)42-16-12-15-39(33-42)40-30-32-54-48(34-40)47-20-7-11-24-53(47)62-54)38-27-25-36(26-28-38)41-29-31-46-45-19-6-10-23-51(45)58(52(46)35-41)49-21-8-4-17-43(49)44-18-5-9-22-50(44)58/h1-35H. The van der Waals surface area contributed by atoms with Gasteiger partial charge in [0.1, 0.15) is 11.2 Å². The van der Waals surface area contributed by atoms with Crippen molar-refractivity contribution in [2.45, 2.75) is 5.41 Å². The highest BCUT2D eigenvalue weighted by atomic mass is 16.3. The minimum atomic E-state index is -0.387. The van der Waals surface area contributed by atoms with E-state index >= 15 is 0 Å². The van der Waals surface area contributed by atoms with Gasteiger partial charge in [0.05, 0.1) is 5.41 Å². The molecule has 13 rings (SSSR count). The summed E-state index contributed by atoms with van der Waals surface area (Å²) in [4.78, 5) is 15.3. The molecule has 2 heterocycles. The summed E-state index contributed by atoms with van der Waals surface area (Å²) in [7, 11) is 0. The molecule has 0 atom stereocenters. The third-order valence-electron chi connectivity index (χ3n) is 13.0. The summed E-state index contributed by atoms with van der Waals surface area (Å²) in [6, 6.07) is 75.7. The first-order valence-electron chi connectivity index (χ1n) is 21.1. The lowest BCUT2D eigenvalue weighted by molar-refractivity contribution is 0.669. The van der Waals surface area contributed by atoms with Crippen molar-refractivity contribution >= 4 is 21.9 Å². The Bertz CT molecular complexity index is 3520. The number of hydrogen-bond donors (Lipinski definition) is 0. The fourth-order valence-corrected chi connectivity index (χ4v) is 10.2. The van der Waals surface area contributed by atoms with Gasteiger partial charge in [-0.2, -0.15) is 0 Å². The van der Waals surface area contributed by atoms with Crippen molar-refractivity contribution < 1.29 is 4.42 Å². The molecule has 0 bridgehead atoms. The van der Waals surface area contributed by atoms with Gasteiger partial charge in [-0.1, -0.05) is 182 Å². The minimum Gasteiger partial charge on any atom is -0.456 e. The van der Waals surface area contributed by atoms with E-state index in [1.165, 1.54) is 50.1 Å². The molecule has 0 saturated heterocycles. The van der Waals surface area contributed by atoms with Crippen LogP contribution >= 0.6 is 0 Å². The van der Waals surface area contributed by atoms with E-state index in [1.54, 1.807) is 0 Å². The van der Waals surface area contributed by atoms with Crippen LogP contribution in [0.25, 0.3) is 101 Å². The van der Waals surface area contributed by atoms with E-state index in [2.05, 4.69) is 170 Å². The molecule has 0 aliphatic heterocycles. The first-order chi connectivity index (χ1) is 30.7. The zero-order chi connectivity index (χ0) is 40.8. The lowest BCUT2D eigenvalue weighted by Gasteiger charge is -2.30. The Balaban J connectivity index is 0.902. The van der Waals surface area contributed by atoms with Crippen LogP contribution in [0.15, 0.2) is 217 Å². The van der Waals surface area contributed by atoms with Crippen LogP contribution in [0.1, 0.15) is 22.3 Å². The van der Waals surface area contributed by atoms with E-state index in [9.17, 15) is 0 Å². The number of fused-ring (bicyclic) bond motifs is 13. The molecule has 4 heteroatoms. The number of para-hydroxylation sites is 1. The smallest absolute Gasteiger partial charge is 0.164 e. The molecule has 2 aliphatic carbocycles. The van der Waals surface area contributed by atoms with E-state index in [4.69, 9.17) is 19.4 Å². The van der Waals surface area contributed by atoms with Crippen LogP contribution in [-0.4, -0.2) is 15.0 Å². The monoisotopic (exact) mass is 789 g/mol. The van der Waals surface area contributed by atoms with Gasteiger partial charge >= 0.3 is 0 Å². The molecule has 0 N–H and O–H groups in total. The lowest BCUT2D eigenvalue weighted by atomic mass is 9.70. The van der Waals surface area contributed by atoms with Crippen LogP contribution < -0.4 is 0 Å². The Hall–Kier alpha value is -8.21. The van der Waals surface area contributed by atoms with Gasteiger partial charge in [0, 0.05) is 27.5 Å². The van der Waals surface area contributed by atoms with Crippen molar-refractivity contribution in [3.63, 3.8) is 0 Å². The molecule has 0 amide bonds. The summed E-state index contributed by atoms with van der Waals surface area (Å²) in [6.07, 6.45) is 0. The molecular weight excluding hydrogens is 755 g/mol. The van der Waals surface area contributed by atoms with Crippen LogP contribution in [0.2, 0.25) is 0 Å².